The highest BCUT2D eigenvalue weighted by atomic mass is 16.8. The molecule has 0 aromatic carbocycles. The summed E-state index contributed by atoms with van der Waals surface area (Å²) in [7, 11) is 0. The normalized spacial score (nSPS) is 48.6. The van der Waals surface area contributed by atoms with Gasteiger partial charge < -0.3 is 104 Å². The Morgan fingerprint density at radius 1 is 0.440 bits per heavy atom. The molecular weight excluding hydrogens is 690 g/mol. The van der Waals surface area contributed by atoms with Crippen molar-refractivity contribution in [2.24, 2.45) is 5.11 Å². The van der Waals surface area contributed by atoms with Crippen molar-refractivity contribution in [3.8, 4) is 0 Å². The Kier molecular flexibility index (Phi) is 15.2. The molecule has 0 amide bonds. The van der Waals surface area contributed by atoms with Gasteiger partial charge in [0, 0.05) is 11.5 Å². The van der Waals surface area contributed by atoms with Gasteiger partial charge in [-0.25, -0.2) is 0 Å². The van der Waals surface area contributed by atoms with Crippen LogP contribution in [0.2, 0.25) is 0 Å². The summed E-state index contributed by atoms with van der Waals surface area (Å²) in [5.41, 5.74) is 8.37. The van der Waals surface area contributed by atoms with E-state index in [1.807, 2.05) is 0 Å². The number of ether oxygens (including phenoxy) is 8. The van der Waals surface area contributed by atoms with E-state index in [0.29, 0.717) is 0 Å². The fraction of sp³-hybridized carbons (Fsp3) is 1.00. The second-order valence-corrected chi connectivity index (χ2v) is 12.1. The van der Waals surface area contributed by atoms with Crippen molar-refractivity contribution in [2.45, 2.75) is 123 Å². The lowest BCUT2D eigenvalue weighted by Crippen LogP contribution is -2.63. The first-order valence-corrected chi connectivity index (χ1v) is 15.6. The van der Waals surface area contributed by atoms with Crippen LogP contribution in [-0.2, 0) is 37.9 Å². The quantitative estimate of drug-likeness (QED) is 0.0341. The zero-order valence-corrected chi connectivity index (χ0v) is 26.2. The number of hydrogen-bond acceptors (Lipinski definition) is 22. The van der Waals surface area contributed by atoms with Gasteiger partial charge in [-0.2, -0.15) is 0 Å². The molecule has 0 aromatic rings. The van der Waals surface area contributed by atoms with E-state index in [2.05, 4.69) is 10.0 Å². The number of hydrogen-bond donors (Lipinski definition) is 13. The third kappa shape index (κ3) is 9.33. The lowest BCUT2D eigenvalue weighted by molar-refractivity contribution is -0.347. The van der Waals surface area contributed by atoms with Gasteiger partial charge in [0.2, 0.25) is 0 Å². The minimum Gasteiger partial charge on any atom is -0.394 e. The highest BCUT2D eigenvalue weighted by Crippen LogP contribution is 2.29. The molecule has 24 nitrogen and oxygen atoms in total. The summed E-state index contributed by atoms with van der Waals surface area (Å²) < 4.78 is 43.3. The number of rotatable bonds is 14. The van der Waals surface area contributed by atoms with Crippen LogP contribution in [0.15, 0.2) is 5.11 Å². The van der Waals surface area contributed by atoms with Crippen LogP contribution in [0.3, 0.4) is 0 Å². The molecule has 24 heteroatoms. The summed E-state index contributed by atoms with van der Waals surface area (Å²) in [6, 6.07) is 0. The first-order chi connectivity index (χ1) is 23.7. The lowest BCUT2D eigenvalue weighted by Gasteiger charge is -2.44. The molecule has 4 heterocycles. The van der Waals surface area contributed by atoms with Crippen molar-refractivity contribution in [1.82, 2.24) is 0 Å². The van der Waals surface area contributed by atoms with Gasteiger partial charge in [-0.15, -0.1) is 0 Å². The molecule has 50 heavy (non-hydrogen) atoms. The molecule has 4 rings (SSSR count). The fourth-order valence-corrected chi connectivity index (χ4v) is 5.60. The Morgan fingerprint density at radius 2 is 0.740 bits per heavy atom. The maximum Gasteiger partial charge on any atom is 0.186 e. The second kappa shape index (κ2) is 18.5. The van der Waals surface area contributed by atoms with E-state index in [4.69, 9.17) is 43.4 Å². The van der Waals surface area contributed by atoms with Crippen LogP contribution in [0, 0.1) is 0 Å². The zero-order valence-electron chi connectivity index (χ0n) is 26.2. The molecule has 13 N–H and O–H groups in total. The SMILES string of the molecule is [N-]=[N+]=NCCOC1OC(CO[C@@H]2O[C@H](COC3OC(CO[C@@H]4O[C@H](CO)C(O)[C@H](O)C4O)[C@@H](O)C(O)[C@H]3O)C(O)[C@H](O)C2O)[C@@H](O)C(O)[C@H]1O. The van der Waals surface area contributed by atoms with Crippen LogP contribution in [0.25, 0.3) is 10.4 Å². The van der Waals surface area contributed by atoms with Crippen molar-refractivity contribution in [2.75, 3.05) is 39.6 Å². The zero-order chi connectivity index (χ0) is 36.9. The monoisotopic (exact) mass is 735 g/mol. The summed E-state index contributed by atoms with van der Waals surface area (Å²) in [6.45, 7) is -3.03. The number of nitrogens with zero attached hydrogens (tertiary/aromatic N) is 3. The molecule has 0 aromatic heterocycles. The molecule has 4 saturated heterocycles. The minimum absolute atomic E-state index is 0.131. The van der Waals surface area contributed by atoms with Crippen LogP contribution in [0.5, 0.6) is 0 Å². The van der Waals surface area contributed by atoms with E-state index in [1.54, 1.807) is 0 Å². The first kappa shape index (κ1) is 41.2. The number of azide groups is 1. The topological polar surface area (TPSA) is 386 Å². The maximum absolute atomic E-state index is 10.5. The Hall–Kier alpha value is -1.53. The van der Waals surface area contributed by atoms with Gasteiger partial charge in [-0.05, 0) is 5.53 Å². The van der Waals surface area contributed by atoms with Gasteiger partial charge in [0.05, 0.1) is 33.0 Å². The van der Waals surface area contributed by atoms with Gasteiger partial charge in [0.25, 0.3) is 0 Å². The summed E-state index contributed by atoms with van der Waals surface area (Å²) in [6.07, 6.45) is -33.7. The molecule has 10 unspecified atom stereocenters. The van der Waals surface area contributed by atoms with Crippen molar-refractivity contribution < 1.29 is 104 Å². The predicted octanol–water partition coefficient (Wildman–Crippen LogP) is -8.41. The molecule has 4 aliphatic heterocycles. The molecule has 4 aliphatic rings. The Morgan fingerprint density at radius 3 is 1.06 bits per heavy atom. The van der Waals surface area contributed by atoms with E-state index in [1.165, 1.54) is 0 Å². The Balaban J connectivity index is 1.33. The average Bonchev–Trinajstić information content (AvgIpc) is 3.11. The second-order valence-electron chi connectivity index (χ2n) is 12.1. The lowest BCUT2D eigenvalue weighted by atomic mass is 9.98. The third-order valence-electron chi connectivity index (χ3n) is 8.66. The van der Waals surface area contributed by atoms with Gasteiger partial charge in [-0.1, -0.05) is 5.11 Å². The molecule has 0 saturated carbocycles. The van der Waals surface area contributed by atoms with E-state index < -0.39 is 149 Å². The smallest absolute Gasteiger partial charge is 0.186 e. The maximum atomic E-state index is 10.5. The van der Waals surface area contributed by atoms with Crippen molar-refractivity contribution in [3.05, 3.63) is 10.4 Å². The highest BCUT2D eigenvalue weighted by molar-refractivity contribution is 4.94. The van der Waals surface area contributed by atoms with Gasteiger partial charge in [0.1, 0.15) is 97.7 Å². The summed E-state index contributed by atoms with van der Waals surface area (Å²) in [5.74, 6) is 0. The largest absolute Gasteiger partial charge is 0.394 e. The van der Waals surface area contributed by atoms with Crippen molar-refractivity contribution in [3.63, 3.8) is 0 Å². The molecule has 0 spiro atoms. The van der Waals surface area contributed by atoms with E-state index >= 15 is 0 Å². The average molecular weight is 736 g/mol. The number of aliphatic hydroxyl groups is 13. The van der Waals surface area contributed by atoms with Gasteiger partial charge in [0.15, 0.2) is 25.2 Å². The predicted molar refractivity (Wildman–Crippen MR) is 152 cm³/mol. The molecule has 4 fully saturated rings. The number of aliphatic hydroxyl groups excluding tert-OH is 13. The third-order valence-corrected chi connectivity index (χ3v) is 8.66. The Bertz CT molecular complexity index is 1090. The molecule has 0 aliphatic carbocycles. The van der Waals surface area contributed by atoms with Crippen LogP contribution < -0.4 is 0 Å². The highest BCUT2D eigenvalue weighted by Gasteiger charge is 2.50. The molecule has 0 radical (unpaired) electrons. The van der Waals surface area contributed by atoms with E-state index in [0.717, 1.165) is 0 Å². The van der Waals surface area contributed by atoms with Crippen LogP contribution in [0.4, 0.5) is 0 Å². The van der Waals surface area contributed by atoms with Crippen molar-refractivity contribution >= 4 is 0 Å². The minimum atomic E-state index is -1.90. The van der Waals surface area contributed by atoms with E-state index in [9.17, 15) is 66.4 Å². The summed E-state index contributed by atoms with van der Waals surface area (Å²) >= 11 is 0. The molecule has 0 bridgehead atoms. The van der Waals surface area contributed by atoms with Crippen LogP contribution in [-0.4, -0.2) is 229 Å². The van der Waals surface area contributed by atoms with Crippen LogP contribution in [0.1, 0.15) is 0 Å². The Labute approximate surface area is 282 Å². The first-order valence-electron chi connectivity index (χ1n) is 15.6. The van der Waals surface area contributed by atoms with E-state index in [-0.39, 0.29) is 13.2 Å². The van der Waals surface area contributed by atoms with Gasteiger partial charge in [-0.3, -0.25) is 0 Å². The molecule has 290 valence electrons. The standard InChI is InChI=1S/C26H45N3O21/c27-29-28-1-2-43-23-19(39)16(36)12(32)8(48-23)4-45-25-21(41)18(38)14(34)10(50-25)6-46-26-22(42)17(37)13(33)9(49-26)5-44-24-20(40)15(35)11(31)7(3-30)47-24/h7-26,30-42H,1-6H2/t7-,8?,9?,10-,11?,12-,13-,14?,15+,16?,17?,18+,19-,20?,21?,22-,23?,24-,25-,26?/m1/s1. The van der Waals surface area contributed by atoms with Gasteiger partial charge >= 0.3 is 0 Å². The molecular formula is C26H45N3O21. The fourth-order valence-electron chi connectivity index (χ4n) is 5.60. The van der Waals surface area contributed by atoms with Crippen molar-refractivity contribution in [1.29, 1.82) is 0 Å². The summed E-state index contributed by atoms with van der Waals surface area (Å²) in [4.78, 5) is 2.54. The summed E-state index contributed by atoms with van der Waals surface area (Å²) in [5, 5.41) is 136. The molecule has 20 atom stereocenters. The van der Waals surface area contributed by atoms with Crippen LogP contribution >= 0.6 is 0 Å².